The van der Waals surface area contributed by atoms with Gasteiger partial charge in [0.2, 0.25) is 11.8 Å². The Morgan fingerprint density at radius 3 is 2.45 bits per heavy atom. The summed E-state index contributed by atoms with van der Waals surface area (Å²) in [5.41, 5.74) is 0. The Labute approximate surface area is 119 Å². The summed E-state index contributed by atoms with van der Waals surface area (Å²) in [6, 6.07) is -0.240. The summed E-state index contributed by atoms with van der Waals surface area (Å²) in [7, 11) is 0. The number of carbonyl (C=O) groups excluding carboxylic acids is 2. The number of aliphatic hydroxyl groups excluding tert-OH is 1. The number of nitrogens with zero attached hydrogens (tertiary/aromatic N) is 2. The molecule has 20 heavy (non-hydrogen) atoms. The predicted molar refractivity (Wildman–Crippen MR) is 73.8 cm³/mol. The minimum atomic E-state index is -0.361. The van der Waals surface area contributed by atoms with Crippen molar-refractivity contribution in [1.29, 1.82) is 0 Å². The first-order valence-electron chi connectivity index (χ1n) is 7.85. The van der Waals surface area contributed by atoms with E-state index in [1.54, 1.807) is 6.92 Å². The molecule has 1 aliphatic carbocycles. The van der Waals surface area contributed by atoms with Gasteiger partial charge in [-0.05, 0) is 39.0 Å². The Morgan fingerprint density at radius 1 is 1.10 bits per heavy atom. The molecule has 2 heterocycles. The molecule has 0 bridgehead atoms. The molecular formula is C15H24N2O3. The number of rotatable bonds is 3. The van der Waals surface area contributed by atoms with Crippen LogP contribution in [0.1, 0.15) is 39.0 Å². The number of hydrogen-bond acceptors (Lipinski definition) is 3. The summed E-state index contributed by atoms with van der Waals surface area (Å²) < 4.78 is 0. The second-order valence-corrected chi connectivity index (χ2v) is 6.54. The van der Waals surface area contributed by atoms with Crippen LogP contribution in [0.5, 0.6) is 0 Å². The van der Waals surface area contributed by atoms with E-state index in [1.165, 1.54) is 0 Å². The minimum Gasteiger partial charge on any atom is -0.393 e. The molecule has 2 amide bonds. The summed E-state index contributed by atoms with van der Waals surface area (Å²) in [5.74, 6) is 0.659. The Balaban J connectivity index is 1.63. The van der Waals surface area contributed by atoms with Crippen LogP contribution in [0.2, 0.25) is 0 Å². The van der Waals surface area contributed by atoms with Crippen LogP contribution in [0.4, 0.5) is 0 Å². The second kappa shape index (κ2) is 5.35. The van der Waals surface area contributed by atoms with Gasteiger partial charge in [0, 0.05) is 31.5 Å². The topological polar surface area (TPSA) is 60.9 Å². The van der Waals surface area contributed by atoms with Gasteiger partial charge in [0.25, 0.3) is 0 Å². The van der Waals surface area contributed by atoms with E-state index >= 15 is 0 Å². The molecule has 2 saturated heterocycles. The van der Waals surface area contributed by atoms with Crippen molar-refractivity contribution in [3.63, 3.8) is 0 Å². The third kappa shape index (κ3) is 2.55. The first-order valence-corrected chi connectivity index (χ1v) is 7.85. The van der Waals surface area contributed by atoms with Crippen molar-refractivity contribution in [2.24, 2.45) is 11.8 Å². The first kappa shape index (κ1) is 13.9. The highest BCUT2D eigenvalue weighted by Crippen LogP contribution is 2.34. The zero-order valence-corrected chi connectivity index (χ0v) is 12.1. The monoisotopic (exact) mass is 280 g/mol. The van der Waals surface area contributed by atoms with Gasteiger partial charge >= 0.3 is 0 Å². The lowest BCUT2D eigenvalue weighted by Gasteiger charge is -2.28. The number of amides is 2. The Bertz CT molecular complexity index is 406. The van der Waals surface area contributed by atoms with Crippen LogP contribution in [0.15, 0.2) is 0 Å². The first-order chi connectivity index (χ1) is 9.58. The van der Waals surface area contributed by atoms with Crippen LogP contribution in [-0.4, -0.2) is 58.5 Å². The molecule has 5 heteroatoms. The molecule has 0 aromatic rings. The van der Waals surface area contributed by atoms with E-state index < -0.39 is 0 Å². The number of likely N-dealkylation sites (tertiary alicyclic amines) is 2. The summed E-state index contributed by atoms with van der Waals surface area (Å²) in [5, 5.41) is 9.64. The van der Waals surface area contributed by atoms with Crippen molar-refractivity contribution >= 4 is 11.8 Å². The Hall–Kier alpha value is -1.10. The molecule has 1 N–H and O–H groups in total. The second-order valence-electron chi connectivity index (χ2n) is 6.54. The molecule has 1 saturated carbocycles. The molecule has 0 aromatic carbocycles. The summed E-state index contributed by atoms with van der Waals surface area (Å²) in [6.07, 6.45) is 4.22. The lowest BCUT2D eigenvalue weighted by Crippen LogP contribution is -2.47. The highest BCUT2D eigenvalue weighted by Gasteiger charge is 2.43. The molecule has 3 aliphatic rings. The third-order valence-electron chi connectivity index (χ3n) is 4.97. The molecule has 3 unspecified atom stereocenters. The fraction of sp³-hybridized carbons (Fsp3) is 0.867. The van der Waals surface area contributed by atoms with Crippen LogP contribution >= 0.6 is 0 Å². The molecular weight excluding hydrogens is 256 g/mol. The fourth-order valence-electron chi connectivity index (χ4n) is 3.44. The molecule has 3 atom stereocenters. The average Bonchev–Trinajstić information content (AvgIpc) is 2.97. The molecule has 3 fully saturated rings. The van der Waals surface area contributed by atoms with Gasteiger partial charge in [0.05, 0.1) is 6.10 Å². The third-order valence-corrected chi connectivity index (χ3v) is 4.97. The fourth-order valence-corrected chi connectivity index (χ4v) is 3.44. The van der Waals surface area contributed by atoms with Gasteiger partial charge < -0.3 is 14.9 Å². The van der Waals surface area contributed by atoms with Crippen LogP contribution in [0, 0.1) is 11.8 Å². The maximum Gasteiger partial charge on any atom is 0.245 e. The smallest absolute Gasteiger partial charge is 0.245 e. The van der Waals surface area contributed by atoms with Crippen molar-refractivity contribution in [2.45, 2.75) is 51.2 Å². The zero-order valence-electron chi connectivity index (χ0n) is 12.1. The molecule has 0 radical (unpaired) electrons. The zero-order chi connectivity index (χ0) is 14.3. The summed E-state index contributed by atoms with van der Waals surface area (Å²) in [4.78, 5) is 28.5. The van der Waals surface area contributed by atoms with E-state index in [0.29, 0.717) is 6.54 Å². The maximum absolute atomic E-state index is 12.6. The van der Waals surface area contributed by atoms with Crippen LogP contribution in [0.25, 0.3) is 0 Å². The largest absolute Gasteiger partial charge is 0.393 e. The van der Waals surface area contributed by atoms with E-state index in [1.807, 2.05) is 9.80 Å². The number of carbonyl (C=O) groups is 2. The lowest BCUT2D eigenvalue weighted by atomic mass is 10.0. The van der Waals surface area contributed by atoms with Crippen molar-refractivity contribution in [2.75, 3.05) is 19.6 Å². The van der Waals surface area contributed by atoms with Crippen molar-refractivity contribution in [3.05, 3.63) is 0 Å². The molecule has 3 rings (SSSR count). The SMILES string of the molecule is CC(O)C1CCN(C(=O)C2CCCN2C(=O)C2CC2)C1. The molecule has 2 aliphatic heterocycles. The van der Waals surface area contributed by atoms with Crippen molar-refractivity contribution in [1.82, 2.24) is 9.80 Å². The standard InChI is InChI=1S/C15H24N2O3/c1-10(18)12-6-8-16(9-12)15(20)13-3-2-7-17(13)14(19)11-4-5-11/h10-13,18H,2-9H2,1H3. The van der Waals surface area contributed by atoms with Crippen molar-refractivity contribution in [3.8, 4) is 0 Å². The molecule has 5 nitrogen and oxygen atoms in total. The molecule has 112 valence electrons. The quantitative estimate of drug-likeness (QED) is 0.824. The van der Waals surface area contributed by atoms with Crippen molar-refractivity contribution < 1.29 is 14.7 Å². The highest BCUT2D eigenvalue weighted by atomic mass is 16.3. The van der Waals surface area contributed by atoms with E-state index in [9.17, 15) is 14.7 Å². The van der Waals surface area contributed by atoms with Gasteiger partial charge in [-0.15, -0.1) is 0 Å². The van der Waals surface area contributed by atoms with Gasteiger partial charge in [-0.1, -0.05) is 0 Å². The van der Waals surface area contributed by atoms with E-state index in [2.05, 4.69) is 0 Å². The van der Waals surface area contributed by atoms with Gasteiger partial charge in [-0.2, -0.15) is 0 Å². The predicted octanol–water partition coefficient (Wildman–Crippen LogP) is 0.617. The molecule has 0 spiro atoms. The van der Waals surface area contributed by atoms with E-state index in [4.69, 9.17) is 0 Å². The Morgan fingerprint density at radius 2 is 1.85 bits per heavy atom. The van der Waals surface area contributed by atoms with Crippen LogP contribution in [0.3, 0.4) is 0 Å². The number of aliphatic hydroxyl groups is 1. The van der Waals surface area contributed by atoms with Gasteiger partial charge in [0.1, 0.15) is 6.04 Å². The molecule has 0 aromatic heterocycles. The average molecular weight is 280 g/mol. The van der Waals surface area contributed by atoms with Crippen LogP contribution < -0.4 is 0 Å². The lowest BCUT2D eigenvalue weighted by molar-refractivity contribution is -0.144. The van der Waals surface area contributed by atoms with Gasteiger partial charge in [-0.3, -0.25) is 9.59 Å². The normalized spacial score (nSPS) is 31.7. The van der Waals surface area contributed by atoms with Gasteiger partial charge in [0.15, 0.2) is 0 Å². The highest BCUT2D eigenvalue weighted by molar-refractivity contribution is 5.90. The van der Waals surface area contributed by atoms with Gasteiger partial charge in [-0.25, -0.2) is 0 Å². The minimum absolute atomic E-state index is 0.0969. The maximum atomic E-state index is 12.6. The van der Waals surface area contributed by atoms with Crippen LogP contribution in [-0.2, 0) is 9.59 Å². The van der Waals surface area contributed by atoms with E-state index in [-0.39, 0.29) is 35.8 Å². The summed E-state index contributed by atoms with van der Waals surface area (Å²) in [6.45, 7) is 3.88. The summed E-state index contributed by atoms with van der Waals surface area (Å²) >= 11 is 0. The Kier molecular flexibility index (Phi) is 3.71. The number of hydrogen-bond donors (Lipinski definition) is 1. The van der Waals surface area contributed by atoms with E-state index in [0.717, 1.165) is 45.2 Å².